The highest BCUT2D eigenvalue weighted by molar-refractivity contribution is 5.80. The van der Waals surface area contributed by atoms with Gasteiger partial charge in [0.1, 0.15) is 0 Å². The van der Waals surface area contributed by atoms with Gasteiger partial charge in [-0.1, -0.05) is 19.3 Å². The third kappa shape index (κ3) is 2.84. The summed E-state index contributed by atoms with van der Waals surface area (Å²) in [5, 5.41) is 0. The van der Waals surface area contributed by atoms with Crippen LogP contribution in [0.15, 0.2) is 24.5 Å². The molecule has 1 saturated carbocycles. The van der Waals surface area contributed by atoms with Crippen molar-refractivity contribution in [2.75, 3.05) is 0 Å². The van der Waals surface area contributed by atoms with Crippen LogP contribution >= 0.6 is 0 Å². The zero-order valence-corrected chi connectivity index (χ0v) is 10.2. The minimum atomic E-state index is -0.248. The molecule has 17 heavy (non-hydrogen) atoms. The molecular weight excluding hydrogens is 212 g/mol. The fourth-order valence-electron chi connectivity index (χ4n) is 2.78. The van der Waals surface area contributed by atoms with Gasteiger partial charge in [0.2, 0.25) is 5.91 Å². The molecular formula is C14H20N2O. The van der Waals surface area contributed by atoms with E-state index in [0.717, 1.165) is 38.5 Å². The Bertz CT molecular complexity index is 369. The fourth-order valence-corrected chi connectivity index (χ4v) is 2.78. The molecule has 0 radical (unpaired) electrons. The predicted octanol–water partition coefficient (Wildman–Crippen LogP) is 2.45. The molecule has 92 valence electrons. The quantitative estimate of drug-likeness (QED) is 0.867. The van der Waals surface area contributed by atoms with Crippen molar-refractivity contribution >= 4 is 5.91 Å². The van der Waals surface area contributed by atoms with Gasteiger partial charge in [0.15, 0.2) is 0 Å². The van der Waals surface area contributed by atoms with Gasteiger partial charge in [0, 0.05) is 17.8 Å². The van der Waals surface area contributed by atoms with Crippen molar-refractivity contribution in [1.29, 1.82) is 0 Å². The Balaban J connectivity index is 2.01. The molecule has 0 spiro atoms. The Morgan fingerprint density at radius 1 is 1.24 bits per heavy atom. The van der Waals surface area contributed by atoms with Crippen molar-refractivity contribution in [3.8, 4) is 0 Å². The first-order valence-corrected chi connectivity index (χ1v) is 6.42. The van der Waals surface area contributed by atoms with E-state index in [0.29, 0.717) is 0 Å². The zero-order chi connectivity index (χ0) is 12.1. The number of hydrogen-bond donors (Lipinski definition) is 1. The number of nitrogens with zero attached hydrogens (tertiary/aromatic N) is 1. The van der Waals surface area contributed by atoms with Crippen molar-refractivity contribution in [2.24, 2.45) is 11.1 Å². The van der Waals surface area contributed by atoms with Crippen molar-refractivity contribution in [3.63, 3.8) is 0 Å². The summed E-state index contributed by atoms with van der Waals surface area (Å²) >= 11 is 0. The molecule has 1 aromatic rings. The first kappa shape index (κ1) is 12.1. The summed E-state index contributed by atoms with van der Waals surface area (Å²) in [6.07, 6.45) is 10.8. The van der Waals surface area contributed by atoms with E-state index in [9.17, 15) is 4.79 Å². The van der Waals surface area contributed by atoms with Crippen molar-refractivity contribution in [2.45, 2.75) is 44.9 Å². The smallest absolute Gasteiger partial charge is 0.223 e. The van der Waals surface area contributed by atoms with E-state index in [1.54, 1.807) is 12.4 Å². The van der Waals surface area contributed by atoms with Gasteiger partial charge in [0.25, 0.3) is 0 Å². The molecule has 0 aromatic carbocycles. The molecule has 0 saturated heterocycles. The highest BCUT2D eigenvalue weighted by Crippen LogP contribution is 2.39. The zero-order valence-electron chi connectivity index (χ0n) is 10.2. The molecule has 0 unspecified atom stereocenters. The maximum Gasteiger partial charge on any atom is 0.223 e. The van der Waals surface area contributed by atoms with Gasteiger partial charge in [0.05, 0.1) is 0 Å². The van der Waals surface area contributed by atoms with Crippen LogP contribution in [0, 0.1) is 5.41 Å². The molecule has 0 bridgehead atoms. The molecule has 2 N–H and O–H groups in total. The molecule has 0 aliphatic heterocycles. The summed E-state index contributed by atoms with van der Waals surface area (Å²) in [5.41, 5.74) is 6.61. The second-order valence-corrected chi connectivity index (χ2v) is 5.06. The van der Waals surface area contributed by atoms with E-state index >= 15 is 0 Å². The highest BCUT2D eigenvalue weighted by atomic mass is 16.1. The van der Waals surface area contributed by atoms with Crippen LogP contribution in [-0.4, -0.2) is 10.9 Å². The molecule has 1 heterocycles. The molecule has 1 fully saturated rings. The number of aromatic nitrogens is 1. The lowest BCUT2D eigenvalue weighted by molar-refractivity contribution is -0.130. The summed E-state index contributed by atoms with van der Waals surface area (Å²) in [6.45, 7) is 0. The van der Waals surface area contributed by atoms with E-state index in [2.05, 4.69) is 4.98 Å². The summed E-state index contributed by atoms with van der Waals surface area (Å²) in [5.74, 6) is -0.105. The van der Waals surface area contributed by atoms with E-state index in [-0.39, 0.29) is 11.3 Å². The number of hydrogen-bond acceptors (Lipinski definition) is 2. The van der Waals surface area contributed by atoms with Gasteiger partial charge in [-0.2, -0.15) is 0 Å². The number of pyridine rings is 1. The average molecular weight is 232 g/mol. The monoisotopic (exact) mass is 232 g/mol. The lowest BCUT2D eigenvalue weighted by Crippen LogP contribution is -2.39. The van der Waals surface area contributed by atoms with Crippen LogP contribution in [0.5, 0.6) is 0 Å². The van der Waals surface area contributed by atoms with E-state index in [1.165, 1.54) is 12.0 Å². The SMILES string of the molecule is NC(=O)C1(CCc2ccncc2)CCCCC1. The van der Waals surface area contributed by atoms with Crippen LogP contribution in [0.25, 0.3) is 0 Å². The van der Waals surface area contributed by atoms with Gasteiger partial charge < -0.3 is 5.73 Å². The Kier molecular flexibility index (Phi) is 3.77. The van der Waals surface area contributed by atoms with Crippen molar-refractivity contribution in [3.05, 3.63) is 30.1 Å². The number of nitrogens with two attached hydrogens (primary N) is 1. The fraction of sp³-hybridized carbons (Fsp3) is 0.571. The Labute approximate surface area is 102 Å². The van der Waals surface area contributed by atoms with Crippen LogP contribution in [-0.2, 0) is 11.2 Å². The Morgan fingerprint density at radius 2 is 1.88 bits per heavy atom. The van der Waals surface area contributed by atoms with E-state index < -0.39 is 0 Å². The lowest BCUT2D eigenvalue weighted by atomic mass is 9.70. The van der Waals surface area contributed by atoms with Crippen LogP contribution in [0.2, 0.25) is 0 Å². The van der Waals surface area contributed by atoms with E-state index in [4.69, 9.17) is 5.73 Å². The van der Waals surface area contributed by atoms with Gasteiger partial charge in [-0.05, 0) is 43.4 Å². The third-order valence-corrected chi connectivity index (χ3v) is 3.97. The molecule has 0 atom stereocenters. The number of carbonyl (C=O) groups is 1. The summed E-state index contributed by atoms with van der Waals surface area (Å²) in [7, 11) is 0. The molecule has 2 rings (SSSR count). The van der Waals surface area contributed by atoms with E-state index in [1.807, 2.05) is 12.1 Å². The summed E-state index contributed by atoms with van der Waals surface area (Å²) in [4.78, 5) is 15.7. The highest BCUT2D eigenvalue weighted by Gasteiger charge is 2.37. The van der Waals surface area contributed by atoms with Crippen LogP contribution in [0.4, 0.5) is 0 Å². The first-order valence-electron chi connectivity index (χ1n) is 6.42. The topological polar surface area (TPSA) is 56.0 Å². The molecule has 1 aromatic heterocycles. The first-order chi connectivity index (χ1) is 8.23. The predicted molar refractivity (Wildman–Crippen MR) is 67.3 cm³/mol. The minimum Gasteiger partial charge on any atom is -0.369 e. The molecule has 3 heteroatoms. The number of rotatable bonds is 4. The molecule has 3 nitrogen and oxygen atoms in total. The summed E-state index contributed by atoms with van der Waals surface area (Å²) in [6, 6.07) is 4.02. The molecule has 1 amide bonds. The third-order valence-electron chi connectivity index (χ3n) is 3.97. The molecule has 1 aliphatic carbocycles. The minimum absolute atomic E-state index is 0.105. The standard InChI is InChI=1S/C14H20N2O/c15-13(17)14(7-2-1-3-8-14)9-4-12-5-10-16-11-6-12/h5-6,10-11H,1-4,7-9H2,(H2,15,17). The van der Waals surface area contributed by atoms with Crippen LogP contribution < -0.4 is 5.73 Å². The second-order valence-electron chi connectivity index (χ2n) is 5.06. The maximum absolute atomic E-state index is 11.7. The maximum atomic E-state index is 11.7. The number of aryl methyl sites for hydroxylation is 1. The number of carbonyl (C=O) groups excluding carboxylic acids is 1. The van der Waals surface area contributed by atoms with Crippen LogP contribution in [0.1, 0.15) is 44.1 Å². The Morgan fingerprint density at radius 3 is 2.47 bits per heavy atom. The lowest BCUT2D eigenvalue weighted by Gasteiger charge is -2.34. The second kappa shape index (κ2) is 5.30. The van der Waals surface area contributed by atoms with Crippen molar-refractivity contribution in [1.82, 2.24) is 4.98 Å². The van der Waals surface area contributed by atoms with Gasteiger partial charge in [-0.15, -0.1) is 0 Å². The van der Waals surface area contributed by atoms with Gasteiger partial charge in [-0.25, -0.2) is 0 Å². The number of primary amides is 1. The average Bonchev–Trinajstić information content (AvgIpc) is 2.38. The van der Waals surface area contributed by atoms with Crippen LogP contribution in [0.3, 0.4) is 0 Å². The van der Waals surface area contributed by atoms with Gasteiger partial charge >= 0.3 is 0 Å². The van der Waals surface area contributed by atoms with Gasteiger partial charge in [-0.3, -0.25) is 9.78 Å². The van der Waals surface area contributed by atoms with Crippen molar-refractivity contribution < 1.29 is 4.79 Å². The normalized spacial score (nSPS) is 18.8. The Hall–Kier alpha value is -1.38. The number of amides is 1. The molecule has 1 aliphatic rings. The summed E-state index contributed by atoms with van der Waals surface area (Å²) < 4.78 is 0. The largest absolute Gasteiger partial charge is 0.369 e.